The predicted octanol–water partition coefficient (Wildman–Crippen LogP) is 3.57. The van der Waals surface area contributed by atoms with Gasteiger partial charge in [0.2, 0.25) is 0 Å². The maximum Gasteiger partial charge on any atom is 0.125 e. The summed E-state index contributed by atoms with van der Waals surface area (Å²) < 4.78 is 12.9. The summed E-state index contributed by atoms with van der Waals surface area (Å²) in [4.78, 5) is 3.14. The molecule has 2 heteroatoms. The molecule has 3 rings (SSSR count). The third-order valence-electron chi connectivity index (χ3n) is 3.22. The second-order valence-electron chi connectivity index (χ2n) is 4.06. The predicted molar refractivity (Wildman–Crippen MR) is 54.8 cm³/mol. The molecule has 2 aromatic rings. The number of benzene rings is 1. The van der Waals surface area contributed by atoms with Crippen molar-refractivity contribution in [3.63, 3.8) is 0 Å². The van der Waals surface area contributed by atoms with Crippen molar-refractivity contribution in [1.82, 2.24) is 4.98 Å². The van der Waals surface area contributed by atoms with E-state index in [1.165, 1.54) is 30.2 Å². The highest BCUT2D eigenvalue weighted by Gasteiger charge is 2.22. The van der Waals surface area contributed by atoms with Crippen LogP contribution in [0.4, 0.5) is 4.39 Å². The molecular formula is C12H12FN. The van der Waals surface area contributed by atoms with Crippen molar-refractivity contribution < 1.29 is 4.39 Å². The van der Waals surface area contributed by atoms with E-state index in [4.69, 9.17) is 0 Å². The Labute approximate surface area is 81.9 Å². The van der Waals surface area contributed by atoms with Crippen molar-refractivity contribution in [1.29, 1.82) is 0 Å². The monoisotopic (exact) mass is 189 g/mol. The molecule has 1 aromatic carbocycles. The first-order valence-electron chi connectivity index (χ1n) is 5.11. The Morgan fingerprint density at radius 3 is 2.86 bits per heavy atom. The zero-order valence-corrected chi connectivity index (χ0v) is 7.89. The number of hydrogen-bond donors (Lipinski definition) is 1. The highest BCUT2D eigenvalue weighted by atomic mass is 19.1. The number of halogens is 1. The van der Waals surface area contributed by atoms with Gasteiger partial charge in [0.05, 0.1) is 0 Å². The second kappa shape index (κ2) is 2.84. The molecule has 0 radical (unpaired) electrons. The van der Waals surface area contributed by atoms with Crippen LogP contribution < -0.4 is 0 Å². The van der Waals surface area contributed by atoms with Crippen LogP contribution in [-0.2, 0) is 0 Å². The van der Waals surface area contributed by atoms with Crippen molar-refractivity contribution >= 4 is 10.9 Å². The maximum atomic E-state index is 12.9. The quantitative estimate of drug-likeness (QED) is 0.705. The molecule has 0 saturated heterocycles. The van der Waals surface area contributed by atoms with Gasteiger partial charge in [-0.05, 0) is 42.5 Å². The van der Waals surface area contributed by atoms with E-state index in [1.54, 1.807) is 12.1 Å². The molecule has 1 nitrogen and oxygen atoms in total. The molecule has 1 saturated carbocycles. The van der Waals surface area contributed by atoms with Gasteiger partial charge in [-0.1, -0.05) is 6.42 Å². The topological polar surface area (TPSA) is 15.8 Å². The number of aromatic amines is 1. The molecule has 1 fully saturated rings. The van der Waals surface area contributed by atoms with Crippen LogP contribution in [0.1, 0.15) is 30.7 Å². The normalized spacial score (nSPS) is 17.2. The van der Waals surface area contributed by atoms with E-state index >= 15 is 0 Å². The van der Waals surface area contributed by atoms with Crippen LogP contribution in [0.3, 0.4) is 0 Å². The molecule has 1 aliphatic carbocycles. The summed E-state index contributed by atoms with van der Waals surface area (Å²) in [6.07, 6.45) is 5.93. The summed E-state index contributed by atoms with van der Waals surface area (Å²) in [5, 5.41) is 1.19. The van der Waals surface area contributed by atoms with Gasteiger partial charge >= 0.3 is 0 Å². The number of H-pyrrole nitrogens is 1. The Morgan fingerprint density at radius 2 is 2.14 bits per heavy atom. The molecule has 0 atom stereocenters. The molecule has 1 heterocycles. The van der Waals surface area contributed by atoms with Crippen LogP contribution in [0.2, 0.25) is 0 Å². The lowest BCUT2D eigenvalue weighted by Gasteiger charge is -2.24. The fraction of sp³-hybridized carbons (Fsp3) is 0.333. The molecule has 0 spiro atoms. The summed E-state index contributed by atoms with van der Waals surface area (Å²) in [5.41, 5.74) is 2.29. The third kappa shape index (κ3) is 1.07. The van der Waals surface area contributed by atoms with Gasteiger partial charge in [-0.3, -0.25) is 0 Å². The molecule has 1 aromatic heterocycles. The van der Waals surface area contributed by atoms with Crippen molar-refractivity contribution in [3.05, 3.63) is 35.8 Å². The second-order valence-corrected chi connectivity index (χ2v) is 4.06. The molecule has 14 heavy (non-hydrogen) atoms. The number of fused-ring (bicyclic) bond motifs is 1. The smallest absolute Gasteiger partial charge is 0.125 e. The third-order valence-corrected chi connectivity index (χ3v) is 3.22. The van der Waals surface area contributed by atoms with Crippen molar-refractivity contribution in [2.45, 2.75) is 25.2 Å². The first-order valence-corrected chi connectivity index (χ1v) is 5.11. The minimum atomic E-state index is -0.167. The zero-order valence-electron chi connectivity index (χ0n) is 7.89. The number of hydrogen-bond acceptors (Lipinski definition) is 0. The molecule has 0 bridgehead atoms. The summed E-state index contributed by atoms with van der Waals surface area (Å²) >= 11 is 0. The molecule has 1 aliphatic rings. The summed E-state index contributed by atoms with van der Waals surface area (Å²) in [6, 6.07) is 4.99. The molecule has 72 valence electrons. The van der Waals surface area contributed by atoms with E-state index in [-0.39, 0.29) is 5.82 Å². The van der Waals surface area contributed by atoms with Gasteiger partial charge in [0, 0.05) is 17.1 Å². The number of nitrogens with one attached hydrogen (secondary N) is 1. The van der Waals surface area contributed by atoms with E-state index in [0.717, 1.165) is 5.52 Å². The van der Waals surface area contributed by atoms with Crippen molar-refractivity contribution in [2.75, 3.05) is 0 Å². The zero-order chi connectivity index (χ0) is 9.54. The van der Waals surface area contributed by atoms with Crippen LogP contribution in [0.5, 0.6) is 0 Å². The molecule has 0 unspecified atom stereocenters. The van der Waals surface area contributed by atoms with Gasteiger partial charge in [-0.15, -0.1) is 0 Å². The van der Waals surface area contributed by atoms with E-state index < -0.39 is 0 Å². The van der Waals surface area contributed by atoms with E-state index in [9.17, 15) is 4.39 Å². The van der Waals surface area contributed by atoms with E-state index in [0.29, 0.717) is 5.92 Å². The van der Waals surface area contributed by atoms with E-state index in [2.05, 4.69) is 4.98 Å². The first kappa shape index (κ1) is 8.04. The minimum absolute atomic E-state index is 0.167. The lowest BCUT2D eigenvalue weighted by molar-refractivity contribution is 0.422. The average Bonchev–Trinajstić information content (AvgIpc) is 2.45. The average molecular weight is 189 g/mol. The molecule has 1 N–H and O–H groups in total. The Balaban J connectivity index is 2.16. The lowest BCUT2D eigenvalue weighted by atomic mass is 9.80. The summed E-state index contributed by atoms with van der Waals surface area (Å²) in [7, 11) is 0. The Morgan fingerprint density at radius 1 is 1.29 bits per heavy atom. The van der Waals surface area contributed by atoms with Gasteiger partial charge < -0.3 is 4.98 Å². The van der Waals surface area contributed by atoms with Crippen molar-refractivity contribution in [3.8, 4) is 0 Å². The van der Waals surface area contributed by atoms with Crippen LogP contribution in [-0.4, -0.2) is 4.98 Å². The van der Waals surface area contributed by atoms with Crippen LogP contribution in [0.25, 0.3) is 10.9 Å². The largest absolute Gasteiger partial charge is 0.361 e. The first-order chi connectivity index (χ1) is 6.84. The maximum absolute atomic E-state index is 12.9. The van der Waals surface area contributed by atoms with Crippen molar-refractivity contribution in [2.24, 2.45) is 0 Å². The SMILES string of the molecule is Fc1ccc2c(C3CCC3)c[nH]c2c1. The molecule has 0 aliphatic heterocycles. The fourth-order valence-corrected chi connectivity index (χ4v) is 2.18. The lowest BCUT2D eigenvalue weighted by Crippen LogP contribution is -2.07. The molecular weight excluding hydrogens is 177 g/mol. The van der Waals surface area contributed by atoms with Crippen LogP contribution in [0.15, 0.2) is 24.4 Å². The highest BCUT2D eigenvalue weighted by Crippen LogP contribution is 2.39. The summed E-state index contributed by atoms with van der Waals surface area (Å²) in [5.74, 6) is 0.536. The van der Waals surface area contributed by atoms with Gasteiger partial charge in [0.1, 0.15) is 5.82 Å². The minimum Gasteiger partial charge on any atom is -0.361 e. The van der Waals surface area contributed by atoms with Gasteiger partial charge in [0.25, 0.3) is 0 Å². The number of aromatic nitrogens is 1. The Bertz CT molecular complexity index is 468. The summed E-state index contributed by atoms with van der Waals surface area (Å²) in [6.45, 7) is 0. The van der Waals surface area contributed by atoms with Gasteiger partial charge in [-0.2, -0.15) is 0 Å². The Hall–Kier alpha value is -1.31. The standard InChI is InChI=1S/C12H12FN/c13-9-4-5-10-11(8-2-1-3-8)7-14-12(10)6-9/h4-8,14H,1-3H2. The fourth-order valence-electron chi connectivity index (χ4n) is 2.18. The van der Waals surface area contributed by atoms with E-state index in [1.807, 2.05) is 12.3 Å². The number of rotatable bonds is 1. The van der Waals surface area contributed by atoms with Gasteiger partial charge in [-0.25, -0.2) is 4.39 Å². The molecule has 0 amide bonds. The highest BCUT2D eigenvalue weighted by molar-refractivity contribution is 5.83. The van der Waals surface area contributed by atoms with Gasteiger partial charge in [0.15, 0.2) is 0 Å². The Kier molecular flexibility index (Phi) is 1.63. The van der Waals surface area contributed by atoms with Crippen LogP contribution >= 0.6 is 0 Å². The van der Waals surface area contributed by atoms with Crippen LogP contribution in [0, 0.1) is 5.82 Å².